The van der Waals surface area contributed by atoms with Gasteiger partial charge >= 0.3 is 0 Å². The molecule has 10 aromatic rings. The van der Waals surface area contributed by atoms with E-state index in [0.717, 1.165) is 44.5 Å². The quantitative estimate of drug-likeness (QED) is 0.195. The van der Waals surface area contributed by atoms with Gasteiger partial charge in [0.25, 0.3) is 0 Å². The van der Waals surface area contributed by atoms with E-state index in [9.17, 15) is 0 Å². The molecule has 8 aromatic carbocycles. The molecule has 49 heavy (non-hydrogen) atoms. The minimum absolute atomic E-state index is 0.709. The number of rotatable bonds is 4. The van der Waals surface area contributed by atoms with Crippen LogP contribution in [0.3, 0.4) is 0 Å². The minimum Gasteiger partial charge on any atom is -0.309 e. The molecule has 10 rings (SSSR count). The van der Waals surface area contributed by atoms with Crippen molar-refractivity contribution in [1.29, 1.82) is 0 Å². The fourth-order valence-corrected chi connectivity index (χ4v) is 7.51. The van der Waals surface area contributed by atoms with Gasteiger partial charge in [-0.15, -0.1) is 0 Å². The van der Waals surface area contributed by atoms with E-state index in [-0.39, 0.29) is 0 Å². The molecule has 0 aliphatic carbocycles. The molecule has 3 nitrogen and oxygen atoms in total. The van der Waals surface area contributed by atoms with Crippen LogP contribution in [0.2, 0.25) is 0 Å². The SMILES string of the molecule is c1ccc(-c2cc(-c3cccc4ccccc34)nc(-c3cccc4c(-n5c6ccccc6c6cc7ccccc7cc65)cccc34)n2)cc1. The molecule has 228 valence electrons. The van der Waals surface area contributed by atoms with Crippen LogP contribution < -0.4 is 0 Å². The van der Waals surface area contributed by atoms with Gasteiger partial charge in [0.15, 0.2) is 5.82 Å². The summed E-state index contributed by atoms with van der Waals surface area (Å²) < 4.78 is 2.42. The Morgan fingerprint density at radius 3 is 1.84 bits per heavy atom. The fraction of sp³-hybridized carbons (Fsp3) is 0. The van der Waals surface area contributed by atoms with Gasteiger partial charge in [-0.3, -0.25) is 0 Å². The van der Waals surface area contributed by atoms with E-state index in [1.807, 2.05) is 6.07 Å². The number of benzene rings is 8. The van der Waals surface area contributed by atoms with E-state index in [4.69, 9.17) is 9.97 Å². The van der Waals surface area contributed by atoms with Gasteiger partial charge in [-0.25, -0.2) is 9.97 Å². The zero-order valence-electron chi connectivity index (χ0n) is 26.6. The van der Waals surface area contributed by atoms with Crippen LogP contribution in [0.1, 0.15) is 0 Å². The molecule has 0 saturated heterocycles. The van der Waals surface area contributed by atoms with Crippen LogP contribution in [-0.2, 0) is 0 Å². The lowest BCUT2D eigenvalue weighted by atomic mass is 9.99. The summed E-state index contributed by atoms with van der Waals surface area (Å²) in [5, 5.41) is 9.60. The summed E-state index contributed by atoms with van der Waals surface area (Å²) in [6.07, 6.45) is 0. The molecule has 0 fully saturated rings. The molecule has 0 aliphatic rings. The number of fused-ring (bicyclic) bond motifs is 6. The smallest absolute Gasteiger partial charge is 0.161 e. The molecule has 3 heteroatoms. The molecule has 0 aliphatic heterocycles. The molecular formula is C46H29N3. The molecule has 0 amide bonds. The van der Waals surface area contributed by atoms with Gasteiger partial charge < -0.3 is 4.57 Å². The predicted molar refractivity (Wildman–Crippen MR) is 205 cm³/mol. The Bertz CT molecular complexity index is 2880. The molecule has 0 radical (unpaired) electrons. The highest BCUT2D eigenvalue weighted by molar-refractivity contribution is 6.15. The van der Waals surface area contributed by atoms with Crippen LogP contribution in [0.15, 0.2) is 176 Å². The van der Waals surface area contributed by atoms with Crippen LogP contribution in [0.5, 0.6) is 0 Å². The van der Waals surface area contributed by atoms with E-state index < -0.39 is 0 Å². The van der Waals surface area contributed by atoms with E-state index in [1.54, 1.807) is 0 Å². The normalized spacial score (nSPS) is 11.7. The minimum atomic E-state index is 0.709. The Balaban J connectivity index is 1.24. The number of para-hydroxylation sites is 1. The number of hydrogen-bond donors (Lipinski definition) is 0. The molecule has 0 atom stereocenters. The monoisotopic (exact) mass is 623 g/mol. The van der Waals surface area contributed by atoms with Gasteiger partial charge in [0, 0.05) is 32.8 Å². The van der Waals surface area contributed by atoms with Crippen LogP contribution in [0, 0.1) is 0 Å². The molecule has 0 spiro atoms. The Morgan fingerprint density at radius 2 is 0.959 bits per heavy atom. The Morgan fingerprint density at radius 1 is 0.347 bits per heavy atom. The molecule has 2 heterocycles. The van der Waals surface area contributed by atoms with Crippen LogP contribution >= 0.6 is 0 Å². The highest BCUT2D eigenvalue weighted by Gasteiger charge is 2.18. The standard InChI is InChI=1S/C46H29N3/c1-2-14-31(15-3-1)41-29-42(36-22-10-18-30-13-6-7-19-34(30)36)48-46(47-41)39-24-11-23-37-35(39)21-12-26-44(37)49-43-25-9-8-20-38(43)40-27-32-16-4-5-17-33(32)28-45(40)49/h1-29H. The predicted octanol–water partition coefficient (Wildman–Crippen LogP) is 12.0. The van der Waals surface area contributed by atoms with E-state index in [1.165, 1.54) is 43.4 Å². The van der Waals surface area contributed by atoms with Crippen molar-refractivity contribution in [3.05, 3.63) is 176 Å². The number of nitrogens with zero attached hydrogens (tertiary/aromatic N) is 3. The average Bonchev–Trinajstić information content (AvgIpc) is 3.49. The van der Waals surface area contributed by atoms with Crippen molar-refractivity contribution >= 4 is 54.1 Å². The summed E-state index contributed by atoms with van der Waals surface area (Å²) in [7, 11) is 0. The molecule has 0 unspecified atom stereocenters. The van der Waals surface area contributed by atoms with E-state index >= 15 is 0 Å². The van der Waals surface area contributed by atoms with Gasteiger partial charge in [0.05, 0.1) is 28.1 Å². The van der Waals surface area contributed by atoms with Gasteiger partial charge in [-0.05, 0) is 57.3 Å². The van der Waals surface area contributed by atoms with Crippen molar-refractivity contribution in [2.75, 3.05) is 0 Å². The first-order valence-corrected chi connectivity index (χ1v) is 16.7. The van der Waals surface area contributed by atoms with Crippen molar-refractivity contribution in [2.45, 2.75) is 0 Å². The van der Waals surface area contributed by atoms with Crippen molar-refractivity contribution < 1.29 is 0 Å². The maximum absolute atomic E-state index is 5.31. The Hall–Kier alpha value is -6.58. The zero-order valence-corrected chi connectivity index (χ0v) is 26.6. The maximum atomic E-state index is 5.31. The Labute approximate surface area is 283 Å². The second-order valence-electron chi connectivity index (χ2n) is 12.6. The van der Waals surface area contributed by atoms with E-state index in [0.29, 0.717) is 5.82 Å². The fourth-order valence-electron chi connectivity index (χ4n) is 7.51. The second kappa shape index (κ2) is 11.0. The average molecular weight is 624 g/mol. The van der Waals surface area contributed by atoms with Crippen molar-refractivity contribution in [1.82, 2.24) is 14.5 Å². The second-order valence-corrected chi connectivity index (χ2v) is 12.6. The molecule has 0 bridgehead atoms. The molecule has 2 aromatic heterocycles. The van der Waals surface area contributed by atoms with E-state index in [2.05, 4.69) is 174 Å². The summed E-state index contributed by atoms with van der Waals surface area (Å²) in [6, 6.07) is 62.6. The lowest BCUT2D eigenvalue weighted by molar-refractivity contribution is 1.18. The van der Waals surface area contributed by atoms with Gasteiger partial charge in [0.2, 0.25) is 0 Å². The highest BCUT2D eigenvalue weighted by Crippen LogP contribution is 2.39. The third-order valence-electron chi connectivity index (χ3n) is 9.78. The van der Waals surface area contributed by atoms with Crippen molar-refractivity contribution in [2.24, 2.45) is 0 Å². The first-order valence-electron chi connectivity index (χ1n) is 16.7. The first kappa shape index (κ1) is 27.5. The summed E-state index contributed by atoms with van der Waals surface area (Å²) in [6.45, 7) is 0. The third kappa shape index (κ3) is 4.44. The van der Waals surface area contributed by atoms with Crippen molar-refractivity contribution in [3.8, 4) is 39.6 Å². The van der Waals surface area contributed by atoms with Crippen LogP contribution in [0.25, 0.3) is 93.7 Å². The molecule has 0 N–H and O–H groups in total. The highest BCUT2D eigenvalue weighted by atomic mass is 15.0. The number of hydrogen-bond acceptors (Lipinski definition) is 2. The van der Waals surface area contributed by atoms with Gasteiger partial charge in [-0.1, -0.05) is 146 Å². The van der Waals surface area contributed by atoms with Crippen LogP contribution in [0.4, 0.5) is 0 Å². The largest absolute Gasteiger partial charge is 0.309 e. The molecule has 0 saturated carbocycles. The summed E-state index contributed by atoms with van der Waals surface area (Å²) in [5.41, 5.74) is 8.48. The lowest BCUT2D eigenvalue weighted by Gasteiger charge is -2.15. The summed E-state index contributed by atoms with van der Waals surface area (Å²) in [4.78, 5) is 10.5. The summed E-state index contributed by atoms with van der Waals surface area (Å²) >= 11 is 0. The first-order chi connectivity index (χ1) is 24.3. The maximum Gasteiger partial charge on any atom is 0.161 e. The Kier molecular flexibility index (Phi) is 6.18. The van der Waals surface area contributed by atoms with Crippen molar-refractivity contribution in [3.63, 3.8) is 0 Å². The molecular weight excluding hydrogens is 595 g/mol. The topological polar surface area (TPSA) is 30.7 Å². The van der Waals surface area contributed by atoms with Crippen LogP contribution in [-0.4, -0.2) is 14.5 Å². The lowest BCUT2D eigenvalue weighted by Crippen LogP contribution is -1.99. The number of aromatic nitrogens is 3. The third-order valence-corrected chi connectivity index (χ3v) is 9.78. The van der Waals surface area contributed by atoms with Gasteiger partial charge in [-0.2, -0.15) is 0 Å². The summed E-state index contributed by atoms with van der Waals surface area (Å²) in [5.74, 6) is 0.709. The zero-order chi connectivity index (χ0) is 32.3. The van der Waals surface area contributed by atoms with Gasteiger partial charge in [0.1, 0.15) is 0 Å².